The molecule has 1 rings (SSSR count). The standard InChI is InChI=1S/C12H17BrFNO/c1-2-3-7-16-8-6-15-12-9-10(13)4-5-11(12)14/h4-5,9,15H,2-3,6-8H2,1H3. The summed E-state index contributed by atoms with van der Waals surface area (Å²) in [4.78, 5) is 0. The average molecular weight is 290 g/mol. The Bertz CT molecular complexity index is 320. The number of hydrogen-bond donors (Lipinski definition) is 1. The largest absolute Gasteiger partial charge is 0.380 e. The summed E-state index contributed by atoms with van der Waals surface area (Å²) in [7, 11) is 0. The minimum Gasteiger partial charge on any atom is -0.380 e. The van der Waals surface area contributed by atoms with Crippen molar-refractivity contribution in [3.05, 3.63) is 28.5 Å². The molecule has 1 N–H and O–H groups in total. The van der Waals surface area contributed by atoms with Crippen LogP contribution in [0.1, 0.15) is 19.8 Å². The molecule has 0 amide bonds. The summed E-state index contributed by atoms with van der Waals surface area (Å²) in [6.45, 7) is 4.13. The number of hydrogen-bond acceptors (Lipinski definition) is 2. The highest BCUT2D eigenvalue weighted by Gasteiger charge is 2.01. The summed E-state index contributed by atoms with van der Waals surface area (Å²) in [5, 5.41) is 3.00. The molecule has 0 aromatic heterocycles. The summed E-state index contributed by atoms with van der Waals surface area (Å²) in [6, 6.07) is 4.84. The second kappa shape index (κ2) is 7.63. The maximum atomic E-state index is 13.3. The molecule has 0 saturated carbocycles. The molecule has 4 heteroatoms. The Hall–Kier alpha value is -0.610. The smallest absolute Gasteiger partial charge is 0.146 e. The van der Waals surface area contributed by atoms with Crippen molar-refractivity contribution in [3.63, 3.8) is 0 Å². The lowest BCUT2D eigenvalue weighted by atomic mass is 10.3. The number of unbranched alkanes of at least 4 members (excludes halogenated alkanes) is 1. The van der Waals surface area contributed by atoms with E-state index in [0.717, 1.165) is 23.9 Å². The fourth-order valence-corrected chi connectivity index (χ4v) is 1.60. The predicted octanol–water partition coefficient (Wildman–Crippen LogP) is 3.82. The Kier molecular flexibility index (Phi) is 6.42. The molecular weight excluding hydrogens is 273 g/mol. The van der Waals surface area contributed by atoms with E-state index in [1.165, 1.54) is 6.07 Å². The van der Waals surface area contributed by atoms with Crippen LogP contribution in [0.3, 0.4) is 0 Å². The summed E-state index contributed by atoms with van der Waals surface area (Å²) in [6.07, 6.45) is 2.21. The fraction of sp³-hybridized carbons (Fsp3) is 0.500. The zero-order chi connectivity index (χ0) is 11.8. The van der Waals surface area contributed by atoms with E-state index in [9.17, 15) is 4.39 Å². The van der Waals surface area contributed by atoms with Crippen LogP contribution >= 0.6 is 15.9 Å². The second-order valence-electron chi connectivity index (χ2n) is 3.52. The minimum absolute atomic E-state index is 0.239. The Morgan fingerprint density at radius 3 is 2.94 bits per heavy atom. The van der Waals surface area contributed by atoms with Crippen molar-refractivity contribution < 1.29 is 9.13 Å². The van der Waals surface area contributed by atoms with Gasteiger partial charge in [0.25, 0.3) is 0 Å². The Morgan fingerprint density at radius 2 is 2.19 bits per heavy atom. The van der Waals surface area contributed by atoms with Gasteiger partial charge in [-0.2, -0.15) is 0 Å². The van der Waals surface area contributed by atoms with E-state index in [1.807, 2.05) is 0 Å². The lowest BCUT2D eigenvalue weighted by Crippen LogP contribution is -2.10. The van der Waals surface area contributed by atoms with Gasteiger partial charge < -0.3 is 10.1 Å². The third-order valence-electron chi connectivity index (χ3n) is 2.13. The van der Waals surface area contributed by atoms with E-state index in [-0.39, 0.29) is 5.82 Å². The highest BCUT2D eigenvalue weighted by molar-refractivity contribution is 9.10. The maximum absolute atomic E-state index is 13.3. The molecule has 90 valence electrons. The van der Waals surface area contributed by atoms with Gasteiger partial charge in [-0.15, -0.1) is 0 Å². The van der Waals surface area contributed by atoms with Gasteiger partial charge in [0.1, 0.15) is 5.82 Å². The van der Waals surface area contributed by atoms with Gasteiger partial charge in [0, 0.05) is 17.6 Å². The molecule has 0 unspecified atom stereocenters. The minimum atomic E-state index is -0.239. The molecule has 2 nitrogen and oxygen atoms in total. The van der Waals surface area contributed by atoms with Crippen LogP contribution in [-0.4, -0.2) is 19.8 Å². The van der Waals surface area contributed by atoms with E-state index in [1.54, 1.807) is 12.1 Å². The molecule has 16 heavy (non-hydrogen) atoms. The third kappa shape index (κ3) is 4.94. The molecular formula is C12H17BrFNO. The normalized spacial score (nSPS) is 10.4. The Labute approximate surface area is 104 Å². The van der Waals surface area contributed by atoms with Crippen LogP contribution in [0.25, 0.3) is 0 Å². The van der Waals surface area contributed by atoms with Crippen molar-refractivity contribution in [2.45, 2.75) is 19.8 Å². The molecule has 0 saturated heterocycles. The number of anilines is 1. The predicted molar refractivity (Wildman–Crippen MR) is 68.3 cm³/mol. The zero-order valence-corrected chi connectivity index (χ0v) is 11.0. The first-order chi connectivity index (χ1) is 7.74. The van der Waals surface area contributed by atoms with E-state index < -0.39 is 0 Å². The number of halogens is 2. The van der Waals surface area contributed by atoms with E-state index in [4.69, 9.17) is 4.74 Å². The zero-order valence-electron chi connectivity index (χ0n) is 9.43. The molecule has 0 radical (unpaired) electrons. The van der Waals surface area contributed by atoms with Gasteiger partial charge in [0.2, 0.25) is 0 Å². The average Bonchev–Trinajstić information content (AvgIpc) is 2.28. The lowest BCUT2D eigenvalue weighted by molar-refractivity contribution is 0.141. The number of rotatable bonds is 7. The highest BCUT2D eigenvalue weighted by Crippen LogP contribution is 2.19. The first-order valence-electron chi connectivity index (χ1n) is 5.50. The van der Waals surface area contributed by atoms with Gasteiger partial charge in [-0.25, -0.2) is 4.39 Å². The van der Waals surface area contributed by atoms with Crippen LogP contribution < -0.4 is 5.32 Å². The van der Waals surface area contributed by atoms with Gasteiger partial charge in [0.05, 0.1) is 12.3 Å². The van der Waals surface area contributed by atoms with Crippen molar-refractivity contribution in [1.29, 1.82) is 0 Å². The Balaban J connectivity index is 2.23. The Morgan fingerprint density at radius 1 is 1.38 bits per heavy atom. The molecule has 0 fully saturated rings. The van der Waals surface area contributed by atoms with Gasteiger partial charge in [-0.1, -0.05) is 29.3 Å². The van der Waals surface area contributed by atoms with E-state index >= 15 is 0 Å². The van der Waals surface area contributed by atoms with Crippen LogP contribution in [0, 0.1) is 5.82 Å². The van der Waals surface area contributed by atoms with Crippen molar-refractivity contribution >= 4 is 21.6 Å². The van der Waals surface area contributed by atoms with Crippen LogP contribution in [0.5, 0.6) is 0 Å². The summed E-state index contributed by atoms with van der Waals surface area (Å²) in [5.74, 6) is -0.239. The molecule has 0 aliphatic heterocycles. The van der Waals surface area contributed by atoms with Crippen LogP contribution in [-0.2, 0) is 4.74 Å². The van der Waals surface area contributed by atoms with E-state index in [2.05, 4.69) is 28.2 Å². The molecule has 0 aliphatic rings. The molecule has 1 aromatic carbocycles. The SMILES string of the molecule is CCCCOCCNc1cc(Br)ccc1F. The number of nitrogens with one attached hydrogen (secondary N) is 1. The van der Waals surface area contributed by atoms with Gasteiger partial charge >= 0.3 is 0 Å². The fourth-order valence-electron chi connectivity index (χ4n) is 1.24. The van der Waals surface area contributed by atoms with E-state index in [0.29, 0.717) is 18.8 Å². The second-order valence-corrected chi connectivity index (χ2v) is 4.43. The molecule has 0 heterocycles. The topological polar surface area (TPSA) is 21.3 Å². The highest BCUT2D eigenvalue weighted by atomic mass is 79.9. The first kappa shape index (κ1) is 13.5. The van der Waals surface area contributed by atoms with Crippen molar-refractivity contribution in [1.82, 2.24) is 0 Å². The molecule has 0 aliphatic carbocycles. The van der Waals surface area contributed by atoms with Crippen molar-refractivity contribution in [3.8, 4) is 0 Å². The van der Waals surface area contributed by atoms with Crippen LogP contribution in [0.4, 0.5) is 10.1 Å². The molecule has 0 atom stereocenters. The maximum Gasteiger partial charge on any atom is 0.146 e. The quantitative estimate of drug-likeness (QED) is 0.771. The molecule has 0 spiro atoms. The van der Waals surface area contributed by atoms with Gasteiger partial charge in [-0.05, 0) is 24.6 Å². The monoisotopic (exact) mass is 289 g/mol. The third-order valence-corrected chi connectivity index (χ3v) is 2.63. The van der Waals surface area contributed by atoms with Gasteiger partial charge in [0.15, 0.2) is 0 Å². The number of ether oxygens (including phenoxy) is 1. The molecule has 1 aromatic rings. The molecule has 0 bridgehead atoms. The van der Waals surface area contributed by atoms with Crippen LogP contribution in [0.15, 0.2) is 22.7 Å². The number of benzene rings is 1. The summed E-state index contributed by atoms with van der Waals surface area (Å²) in [5.41, 5.74) is 0.508. The first-order valence-corrected chi connectivity index (χ1v) is 6.30. The van der Waals surface area contributed by atoms with Crippen molar-refractivity contribution in [2.24, 2.45) is 0 Å². The summed E-state index contributed by atoms with van der Waals surface area (Å²) >= 11 is 3.30. The van der Waals surface area contributed by atoms with Crippen LogP contribution in [0.2, 0.25) is 0 Å². The van der Waals surface area contributed by atoms with Gasteiger partial charge in [-0.3, -0.25) is 0 Å². The summed E-state index contributed by atoms with van der Waals surface area (Å²) < 4.78 is 19.5. The lowest BCUT2D eigenvalue weighted by Gasteiger charge is -2.08. The van der Waals surface area contributed by atoms with Crippen molar-refractivity contribution in [2.75, 3.05) is 25.1 Å².